The third-order valence-corrected chi connectivity index (χ3v) is 5.68. The Morgan fingerprint density at radius 2 is 1.73 bits per heavy atom. The van der Waals surface area contributed by atoms with Gasteiger partial charge in [0.05, 0.1) is 5.39 Å². The maximum absolute atomic E-state index is 13.4. The molecule has 33 heavy (non-hydrogen) atoms. The predicted molar refractivity (Wildman–Crippen MR) is 121 cm³/mol. The summed E-state index contributed by atoms with van der Waals surface area (Å²) in [4.78, 5) is 24.7. The second-order valence-electron chi connectivity index (χ2n) is 7.96. The highest BCUT2D eigenvalue weighted by Crippen LogP contribution is 2.40. The molecule has 2 heterocycles. The molecule has 0 bridgehead atoms. The zero-order valence-corrected chi connectivity index (χ0v) is 17.5. The van der Waals surface area contributed by atoms with Crippen LogP contribution in [0.25, 0.3) is 22.3 Å². The molecule has 4 aromatic rings. The molecule has 5 rings (SSSR count). The average molecular weight is 442 g/mol. The van der Waals surface area contributed by atoms with Gasteiger partial charge in [0, 0.05) is 29.7 Å². The molecule has 1 aromatic heterocycles. The van der Waals surface area contributed by atoms with Crippen molar-refractivity contribution in [3.63, 3.8) is 0 Å². The fourth-order valence-corrected chi connectivity index (χ4v) is 3.95. The molecule has 1 atom stereocenters. The van der Waals surface area contributed by atoms with E-state index in [1.54, 1.807) is 30.3 Å². The van der Waals surface area contributed by atoms with Crippen LogP contribution in [0.1, 0.15) is 12.0 Å². The first-order valence-electron chi connectivity index (χ1n) is 10.4. The molecule has 3 aromatic carbocycles. The lowest BCUT2D eigenvalue weighted by Gasteiger charge is -2.28. The molecule has 164 valence electrons. The average Bonchev–Trinajstić information content (AvgIpc) is 3.12. The summed E-state index contributed by atoms with van der Waals surface area (Å²) < 4.78 is 31.1. The van der Waals surface area contributed by atoms with Crippen LogP contribution in [0.3, 0.4) is 0 Å². The van der Waals surface area contributed by atoms with Crippen molar-refractivity contribution in [1.82, 2.24) is 0 Å². The Balaban J connectivity index is 1.47. The highest BCUT2D eigenvalue weighted by atomic mass is 19.1. The van der Waals surface area contributed by atoms with Gasteiger partial charge in [0.1, 0.15) is 29.5 Å². The summed E-state index contributed by atoms with van der Waals surface area (Å²) in [5.41, 5.74) is 0.806. The minimum atomic E-state index is -1.12. The molecule has 0 radical (unpaired) electrons. The minimum absolute atomic E-state index is 0.0164. The van der Waals surface area contributed by atoms with Crippen LogP contribution in [0.2, 0.25) is 0 Å². The van der Waals surface area contributed by atoms with Gasteiger partial charge in [-0.25, -0.2) is 9.18 Å². The van der Waals surface area contributed by atoms with Crippen LogP contribution in [0, 0.1) is 5.82 Å². The minimum Gasteiger partial charge on any atom is -0.489 e. The smallest absolute Gasteiger partial charge is 0.334 e. The lowest BCUT2D eigenvalue weighted by Crippen LogP contribution is -2.33. The van der Waals surface area contributed by atoms with Crippen LogP contribution in [0.5, 0.6) is 5.75 Å². The van der Waals surface area contributed by atoms with Crippen molar-refractivity contribution in [2.24, 2.45) is 0 Å². The zero-order chi connectivity index (χ0) is 23.0. The van der Waals surface area contributed by atoms with Gasteiger partial charge in [0.15, 0.2) is 11.0 Å². The molecule has 1 fully saturated rings. The summed E-state index contributed by atoms with van der Waals surface area (Å²) in [7, 11) is 0. The van der Waals surface area contributed by atoms with Crippen molar-refractivity contribution in [2.75, 3.05) is 6.61 Å². The molecule has 1 aliphatic heterocycles. The van der Waals surface area contributed by atoms with E-state index in [1.165, 1.54) is 18.2 Å². The van der Waals surface area contributed by atoms with Gasteiger partial charge in [0.2, 0.25) is 0 Å². The normalized spacial score (nSPS) is 17.8. The molecule has 5 nitrogen and oxygen atoms in total. The third-order valence-electron chi connectivity index (χ3n) is 5.68. The summed E-state index contributed by atoms with van der Waals surface area (Å²) in [6.07, 6.45) is 0.221. The van der Waals surface area contributed by atoms with Gasteiger partial charge < -0.3 is 13.9 Å². The number of fused-ring (bicyclic) bond motifs is 1. The second kappa shape index (κ2) is 8.06. The first-order valence-corrected chi connectivity index (χ1v) is 10.4. The van der Waals surface area contributed by atoms with Crippen LogP contribution in [-0.2, 0) is 15.1 Å². The number of ether oxygens (including phenoxy) is 2. The number of esters is 1. The Morgan fingerprint density at radius 3 is 2.42 bits per heavy atom. The van der Waals surface area contributed by atoms with E-state index in [0.29, 0.717) is 33.6 Å². The number of rotatable bonds is 5. The first-order chi connectivity index (χ1) is 15.9. The number of cyclic esters (lactones) is 1. The number of benzene rings is 3. The third kappa shape index (κ3) is 3.91. The fraction of sp³-hybridized carbons (Fsp3) is 0.111. The largest absolute Gasteiger partial charge is 0.489 e. The van der Waals surface area contributed by atoms with Crippen LogP contribution in [-0.4, -0.2) is 12.6 Å². The van der Waals surface area contributed by atoms with Gasteiger partial charge >= 0.3 is 5.97 Å². The summed E-state index contributed by atoms with van der Waals surface area (Å²) in [5, 5.41) is 0.427. The Kier molecular flexibility index (Phi) is 5.05. The van der Waals surface area contributed by atoms with Crippen molar-refractivity contribution < 1.29 is 23.1 Å². The van der Waals surface area contributed by atoms with E-state index in [-0.39, 0.29) is 18.5 Å². The molecule has 0 amide bonds. The monoisotopic (exact) mass is 442 g/mol. The van der Waals surface area contributed by atoms with E-state index in [9.17, 15) is 14.0 Å². The van der Waals surface area contributed by atoms with Crippen molar-refractivity contribution in [2.45, 2.75) is 12.0 Å². The Morgan fingerprint density at radius 1 is 0.970 bits per heavy atom. The van der Waals surface area contributed by atoms with Gasteiger partial charge in [-0.2, -0.15) is 0 Å². The number of carbonyl (C=O) groups excluding carboxylic acids is 1. The van der Waals surface area contributed by atoms with E-state index in [2.05, 4.69) is 6.58 Å². The molecule has 1 saturated heterocycles. The molecule has 6 heteroatoms. The van der Waals surface area contributed by atoms with E-state index in [1.807, 2.05) is 30.3 Å². The Bertz CT molecular complexity index is 1400. The number of halogens is 1. The quantitative estimate of drug-likeness (QED) is 0.307. The van der Waals surface area contributed by atoms with Crippen LogP contribution in [0.4, 0.5) is 4.39 Å². The van der Waals surface area contributed by atoms with Gasteiger partial charge in [-0.3, -0.25) is 4.79 Å². The van der Waals surface area contributed by atoms with Gasteiger partial charge in [0.25, 0.3) is 0 Å². The number of hydrogen-bond acceptors (Lipinski definition) is 5. The topological polar surface area (TPSA) is 65.7 Å². The molecular formula is C27H19FO5. The molecule has 1 aliphatic rings. The molecule has 0 saturated carbocycles. The fourth-order valence-electron chi connectivity index (χ4n) is 3.95. The van der Waals surface area contributed by atoms with E-state index < -0.39 is 17.4 Å². The van der Waals surface area contributed by atoms with Gasteiger partial charge in [-0.05, 0) is 29.8 Å². The van der Waals surface area contributed by atoms with Gasteiger partial charge in [-0.1, -0.05) is 49.0 Å². The van der Waals surface area contributed by atoms with Crippen molar-refractivity contribution in [3.8, 4) is 17.1 Å². The molecular weight excluding hydrogens is 423 g/mol. The molecule has 0 N–H and O–H groups in total. The lowest BCUT2D eigenvalue weighted by atomic mass is 9.90. The highest BCUT2D eigenvalue weighted by molar-refractivity contribution is 5.90. The van der Waals surface area contributed by atoms with Crippen LogP contribution in [0.15, 0.2) is 100 Å². The summed E-state index contributed by atoms with van der Waals surface area (Å²) in [5.74, 6) is -0.0170. The van der Waals surface area contributed by atoms with E-state index in [4.69, 9.17) is 13.9 Å². The highest BCUT2D eigenvalue weighted by Gasteiger charge is 2.45. The zero-order valence-electron chi connectivity index (χ0n) is 17.5. The first kappa shape index (κ1) is 20.7. The van der Waals surface area contributed by atoms with Crippen molar-refractivity contribution in [3.05, 3.63) is 113 Å². The Labute approximate surface area is 188 Å². The van der Waals surface area contributed by atoms with Crippen molar-refractivity contribution in [1.29, 1.82) is 0 Å². The Hall–Kier alpha value is -4.19. The second-order valence-corrected chi connectivity index (χ2v) is 7.96. The summed E-state index contributed by atoms with van der Waals surface area (Å²) in [6.45, 7) is 3.75. The summed E-state index contributed by atoms with van der Waals surface area (Å²) in [6, 6.07) is 21.5. The van der Waals surface area contributed by atoms with Crippen molar-refractivity contribution >= 4 is 16.9 Å². The summed E-state index contributed by atoms with van der Waals surface area (Å²) >= 11 is 0. The van der Waals surface area contributed by atoms with E-state index >= 15 is 0 Å². The molecule has 0 spiro atoms. The lowest BCUT2D eigenvalue weighted by molar-refractivity contribution is -0.150. The molecule has 0 aliphatic carbocycles. The predicted octanol–water partition coefficient (Wildman–Crippen LogP) is 5.38. The molecule has 1 unspecified atom stereocenters. The van der Waals surface area contributed by atoms with Crippen LogP contribution >= 0.6 is 0 Å². The number of hydrogen-bond donors (Lipinski definition) is 0. The maximum atomic E-state index is 13.4. The van der Waals surface area contributed by atoms with Crippen LogP contribution < -0.4 is 10.2 Å². The maximum Gasteiger partial charge on any atom is 0.334 e. The SMILES string of the molecule is C=C1CC(COc2ccc3c(=O)cc(-c4ccccc4)oc3c2)(c2ccc(F)cc2)OC1=O. The van der Waals surface area contributed by atoms with E-state index in [0.717, 1.165) is 5.56 Å². The van der Waals surface area contributed by atoms with Gasteiger partial charge in [-0.15, -0.1) is 0 Å². The standard InChI is InChI=1S/C27H19FO5/c1-17-15-27(33-26(17)30,19-7-9-20(28)10-8-19)16-31-21-11-12-22-23(29)14-24(32-25(22)13-21)18-5-3-2-4-6-18/h2-14H,1,15-16H2. The number of carbonyl (C=O) groups is 1.